The van der Waals surface area contributed by atoms with Crippen LogP contribution < -0.4 is 5.32 Å². The molecule has 3 rings (SSSR count). The topological polar surface area (TPSA) is 92.8 Å². The Bertz CT molecular complexity index is 1090. The van der Waals surface area contributed by atoms with Crippen molar-refractivity contribution in [2.45, 2.75) is 39.4 Å². The van der Waals surface area contributed by atoms with E-state index in [1.807, 2.05) is 38.1 Å². The van der Waals surface area contributed by atoms with E-state index in [1.165, 1.54) is 4.31 Å². The number of amides is 1. The zero-order chi connectivity index (χ0) is 23.3. The van der Waals surface area contributed by atoms with Gasteiger partial charge >= 0.3 is 5.97 Å². The van der Waals surface area contributed by atoms with Crippen molar-refractivity contribution in [1.29, 1.82) is 0 Å². The molecule has 1 aliphatic heterocycles. The van der Waals surface area contributed by atoms with Crippen LogP contribution in [-0.4, -0.2) is 44.3 Å². The van der Waals surface area contributed by atoms with Crippen LogP contribution in [0.1, 0.15) is 46.8 Å². The third-order valence-corrected chi connectivity index (χ3v) is 7.64. The summed E-state index contributed by atoms with van der Waals surface area (Å²) in [5.74, 6) is -0.813. The van der Waals surface area contributed by atoms with Crippen LogP contribution in [0.15, 0.2) is 42.5 Å². The number of nitrogens with one attached hydrogen (secondary N) is 1. The summed E-state index contributed by atoms with van der Waals surface area (Å²) in [6.45, 7) is 6.43. The molecule has 1 fully saturated rings. The summed E-state index contributed by atoms with van der Waals surface area (Å²) in [5, 5.41) is 2.92. The van der Waals surface area contributed by atoms with E-state index in [1.54, 1.807) is 25.1 Å². The number of benzene rings is 2. The fourth-order valence-corrected chi connectivity index (χ4v) is 5.50. The van der Waals surface area contributed by atoms with Crippen LogP contribution in [-0.2, 0) is 25.3 Å². The highest BCUT2D eigenvalue weighted by Crippen LogP contribution is 2.25. The van der Waals surface area contributed by atoms with Crippen LogP contribution in [0.2, 0.25) is 0 Å². The SMILES string of the molecule is CCOC(=O)c1ccc(NC(=O)C2CCN(S(=O)(=O)Cc3ccccc3C)CC2)c(C)c1. The number of piperidine rings is 1. The first-order valence-corrected chi connectivity index (χ1v) is 12.4. The number of nitrogens with zero attached hydrogens (tertiary/aromatic N) is 1. The van der Waals surface area contributed by atoms with E-state index >= 15 is 0 Å². The molecule has 8 heteroatoms. The molecule has 7 nitrogen and oxygen atoms in total. The molecule has 1 saturated heterocycles. The van der Waals surface area contributed by atoms with Crippen LogP contribution in [0.5, 0.6) is 0 Å². The Balaban J connectivity index is 1.57. The summed E-state index contributed by atoms with van der Waals surface area (Å²) in [4.78, 5) is 24.6. The molecule has 1 aliphatic rings. The fourth-order valence-electron chi connectivity index (χ4n) is 3.84. The average molecular weight is 459 g/mol. The monoisotopic (exact) mass is 458 g/mol. The second-order valence-electron chi connectivity index (χ2n) is 8.10. The molecular weight excluding hydrogens is 428 g/mol. The Morgan fingerprint density at radius 1 is 1.06 bits per heavy atom. The predicted octanol–water partition coefficient (Wildman–Crippen LogP) is 3.66. The molecule has 1 heterocycles. The zero-order valence-electron chi connectivity index (χ0n) is 18.8. The first kappa shape index (κ1) is 23.9. The first-order chi connectivity index (χ1) is 15.2. The van der Waals surface area contributed by atoms with Gasteiger partial charge in [-0.05, 0) is 68.5 Å². The molecule has 0 unspecified atom stereocenters. The van der Waals surface area contributed by atoms with Gasteiger partial charge in [-0.3, -0.25) is 4.79 Å². The van der Waals surface area contributed by atoms with E-state index in [0.29, 0.717) is 43.8 Å². The smallest absolute Gasteiger partial charge is 0.338 e. The van der Waals surface area contributed by atoms with Crippen molar-refractivity contribution in [2.24, 2.45) is 5.92 Å². The van der Waals surface area contributed by atoms with E-state index < -0.39 is 16.0 Å². The number of carbonyl (C=O) groups excluding carboxylic acids is 2. The highest BCUT2D eigenvalue weighted by Gasteiger charge is 2.31. The number of hydrogen-bond acceptors (Lipinski definition) is 5. The molecule has 0 aliphatic carbocycles. The fraction of sp³-hybridized carbons (Fsp3) is 0.417. The van der Waals surface area contributed by atoms with E-state index in [4.69, 9.17) is 4.74 Å². The molecular formula is C24H30N2O5S. The largest absolute Gasteiger partial charge is 0.462 e. The number of anilines is 1. The quantitative estimate of drug-likeness (QED) is 0.639. The van der Waals surface area contributed by atoms with E-state index in [-0.39, 0.29) is 17.6 Å². The van der Waals surface area contributed by atoms with Gasteiger partial charge in [-0.2, -0.15) is 0 Å². The second kappa shape index (κ2) is 10.3. The number of sulfonamides is 1. The Morgan fingerprint density at radius 3 is 2.38 bits per heavy atom. The van der Waals surface area contributed by atoms with Crippen molar-refractivity contribution >= 4 is 27.6 Å². The average Bonchev–Trinajstić information content (AvgIpc) is 2.77. The third kappa shape index (κ3) is 5.75. The van der Waals surface area contributed by atoms with E-state index in [0.717, 1.165) is 16.7 Å². The highest BCUT2D eigenvalue weighted by molar-refractivity contribution is 7.88. The van der Waals surface area contributed by atoms with Gasteiger partial charge in [-0.15, -0.1) is 0 Å². The van der Waals surface area contributed by atoms with Gasteiger partial charge in [0, 0.05) is 24.7 Å². The molecule has 172 valence electrons. The minimum absolute atomic E-state index is 0.0253. The van der Waals surface area contributed by atoms with Crippen molar-refractivity contribution in [3.63, 3.8) is 0 Å². The van der Waals surface area contributed by atoms with Gasteiger partial charge in [-0.25, -0.2) is 17.5 Å². The Hall–Kier alpha value is -2.71. The summed E-state index contributed by atoms with van der Waals surface area (Å²) in [5.41, 5.74) is 3.60. The molecule has 2 aromatic rings. The van der Waals surface area contributed by atoms with Gasteiger partial charge in [0.1, 0.15) is 0 Å². The van der Waals surface area contributed by atoms with Crippen LogP contribution in [0.4, 0.5) is 5.69 Å². The van der Waals surface area contributed by atoms with Crippen molar-refractivity contribution in [3.8, 4) is 0 Å². The Kier molecular flexibility index (Phi) is 7.69. The van der Waals surface area contributed by atoms with Crippen molar-refractivity contribution < 1.29 is 22.7 Å². The van der Waals surface area contributed by atoms with E-state index in [9.17, 15) is 18.0 Å². The summed E-state index contributed by atoms with van der Waals surface area (Å²) in [7, 11) is -3.43. The standard InChI is InChI=1S/C24H30N2O5S/c1-4-31-24(28)20-9-10-22(18(3)15-20)25-23(27)19-11-13-26(14-12-19)32(29,30)16-21-8-6-5-7-17(21)2/h5-10,15,19H,4,11-14,16H2,1-3H3,(H,25,27). The number of rotatable bonds is 7. The van der Waals surface area contributed by atoms with Gasteiger partial charge < -0.3 is 10.1 Å². The molecule has 2 aromatic carbocycles. The van der Waals surface area contributed by atoms with Gasteiger partial charge in [0.2, 0.25) is 15.9 Å². The van der Waals surface area contributed by atoms with Gasteiger partial charge in [0.15, 0.2) is 0 Å². The molecule has 0 radical (unpaired) electrons. The van der Waals surface area contributed by atoms with Crippen LogP contribution in [0, 0.1) is 19.8 Å². The lowest BCUT2D eigenvalue weighted by Gasteiger charge is -2.30. The summed E-state index contributed by atoms with van der Waals surface area (Å²) < 4.78 is 32.2. The summed E-state index contributed by atoms with van der Waals surface area (Å²) >= 11 is 0. The second-order valence-corrected chi connectivity index (χ2v) is 10.1. The Labute approximate surface area is 189 Å². The van der Waals surface area contributed by atoms with E-state index in [2.05, 4.69) is 5.32 Å². The minimum atomic E-state index is -3.43. The highest BCUT2D eigenvalue weighted by atomic mass is 32.2. The number of carbonyl (C=O) groups is 2. The van der Waals surface area contributed by atoms with Crippen LogP contribution >= 0.6 is 0 Å². The minimum Gasteiger partial charge on any atom is -0.462 e. The first-order valence-electron chi connectivity index (χ1n) is 10.8. The lowest BCUT2D eigenvalue weighted by atomic mass is 9.97. The summed E-state index contributed by atoms with van der Waals surface area (Å²) in [6.07, 6.45) is 0.942. The molecule has 0 bridgehead atoms. The Morgan fingerprint density at radius 2 is 1.75 bits per heavy atom. The van der Waals surface area contributed by atoms with Gasteiger partial charge in [0.05, 0.1) is 17.9 Å². The lowest BCUT2D eigenvalue weighted by Crippen LogP contribution is -2.42. The summed E-state index contributed by atoms with van der Waals surface area (Å²) in [6, 6.07) is 12.5. The normalized spacial score (nSPS) is 15.3. The molecule has 1 amide bonds. The molecule has 0 spiro atoms. The van der Waals surface area contributed by atoms with Gasteiger partial charge in [0.25, 0.3) is 0 Å². The molecule has 0 atom stereocenters. The molecule has 0 aromatic heterocycles. The van der Waals surface area contributed by atoms with Crippen molar-refractivity contribution in [3.05, 3.63) is 64.7 Å². The van der Waals surface area contributed by atoms with Crippen molar-refractivity contribution in [2.75, 3.05) is 25.0 Å². The van der Waals surface area contributed by atoms with Gasteiger partial charge in [-0.1, -0.05) is 24.3 Å². The maximum atomic E-state index is 12.8. The molecule has 32 heavy (non-hydrogen) atoms. The lowest BCUT2D eigenvalue weighted by molar-refractivity contribution is -0.120. The third-order valence-electron chi connectivity index (χ3n) is 5.81. The maximum absolute atomic E-state index is 12.8. The predicted molar refractivity (Wildman–Crippen MR) is 124 cm³/mol. The molecule has 0 saturated carbocycles. The van der Waals surface area contributed by atoms with Crippen LogP contribution in [0.3, 0.4) is 0 Å². The van der Waals surface area contributed by atoms with Crippen molar-refractivity contribution in [1.82, 2.24) is 4.31 Å². The molecule has 1 N–H and O–H groups in total. The number of esters is 1. The number of ether oxygens (including phenoxy) is 1. The number of aryl methyl sites for hydroxylation is 2. The van der Waals surface area contributed by atoms with Crippen LogP contribution in [0.25, 0.3) is 0 Å². The number of hydrogen-bond donors (Lipinski definition) is 1. The zero-order valence-corrected chi connectivity index (χ0v) is 19.6. The maximum Gasteiger partial charge on any atom is 0.338 e.